The molecule has 1 amide bonds. The van der Waals surface area contributed by atoms with Gasteiger partial charge in [0.2, 0.25) is 0 Å². The van der Waals surface area contributed by atoms with Crippen molar-refractivity contribution in [3.8, 4) is 5.75 Å². The molecule has 4 aromatic rings. The number of alkyl halides is 3. The third-order valence-electron chi connectivity index (χ3n) is 6.21. The Morgan fingerprint density at radius 2 is 1.55 bits per heavy atom. The van der Waals surface area contributed by atoms with E-state index in [0.29, 0.717) is 34.8 Å². The van der Waals surface area contributed by atoms with E-state index in [1.54, 1.807) is 6.07 Å². The molecule has 1 heterocycles. The Hall–Kier alpha value is -4.30. The van der Waals surface area contributed by atoms with E-state index in [9.17, 15) is 22.8 Å². The van der Waals surface area contributed by atoms with Gasteiger partial charge in [0.15, 0.2) is 5.78 Å². The molecule has 1 aliphatic heterocycles. The zero-order valence-electron chi connectivity index (χ0n) is 19.7. The summed E-state index contributed by atoms with van der Waals surface area (Å²) in [6, 6.07) is 22.7. The number of para-hydroxylation sites is 1. The highest BCUT2D eigenvalue weighted by Gasteiger charge is 2.33. The van der Waals surface area contributed by atoms with Crippen LogP contribution in [-0.4, -0.2) is 18.1 Å². The molecule has 0 aliphatic carbocycles. The van der Waals surface area contributed by atoms with Gasteiger partial charge in [0.05, 0.1) is 10.6 Å². The van der Waals surface area contributed by atoms with Crippen LogP contribution in [0.5, 0.6) is 5.75 Å². The Morgan fingerprint density at radius 1 is 0.868 bits per heavy atom. The first-order chi connectivity index (χ1) is 18.2. The van der Waals surface area contributed by atoms with Crippen molar-refractivity contribution in [2.24, 2.45) is 0 Å². The molecule has 0 bridgehead atoms. The lowest BCUT2D eigenvalue weighted by Gasteiger charge is -2.15. The Labute approximate surface area is 221 Å². The maximum Gasteiger partial charge on any atom is 0.573 e. The van der Waals surface area contributed by atoms with Crippen molar-refractivity contribution in [3.63, 3.8) is 0 Å². The molecule has 0 saturated heterocycles. The van der Waals surface area contributed by atoms with Crippen molar-refractivity contribution >= 4 is 34.7 Å². The van der Waals surface area contributed by atoms with Crippen LogP contribution in [-0.2, 0) is 13.0 Å². The van der Waals surface area contributed by atoms with Crippen molar-refractivity contribution in [3.05, 3.63) is 123 Å². The summed E-state index contributed by atoms with van der Waals surface area (Å²) in [4.78, 5) is 26.2. The maximum absolute atomic E-state index is 13.6. The summed E-state index contributed by atoms with van der Waals surface area (Å²) in [5.74, 6) is -1.68. The van der Waals surface area contributed by atoms with E-state index in [-0.39, 0.29) is 11.3 Å². The Morgan fingerprint density at radius 3 is 2.29 bits per heavy atom. The minimum Gasteiger partial charge on any atom is -0.405 e. The number of hydrogen-bond donors (Lipinski definition) is 2. The van der Waals surface area contributed by atoms with Gasteiger partial charge in [0.1, 0.15) is 5.75 Å². The van der Waals surface area contributed by atoms with E-state index >= 15 is 0 Å². The first-order valence-corrected chi connectivity index (χ1v) is 12.0. The average Bonchev–Trinajstić information content (AvgIpc) is 3.07. The van der Waals surface area contributed by atoms with E-state index < -0.39 is 18.0 Å². The third kappa shape index (κ3) is 5.35. The number of hydrogen-bond acceptors (Lipinski definition) is 4. The first kappa shape index (κ1) is 25.4. The molecule has 5 nitrogen and oxygen atoms in total. The smallest absolute Gasteiger partial charge is 0.405 e. The van der Waals surface area contributed by atoms with E-state index in [1.165, 1.54) is 42.5 Å². The molecule has 0 fully saturated rings. The summed E-state index contributed by atoms with van der Waals surface area (Å²) in [5, 5.41) is 6.25. The molecule has 9 heteroatoms. The molecule has 0 aromatic heterocycles. The molecule has 2 N–H and O–H groups in total. The van der Waals surface area contributed by atoms with Crippen LogP contribution in [0.3, 0.4) is 0 Å². The Kier molecular flexibility index (Phi) is 6.82. The molecule has 0 atom stereocenters. The van der Waals surface area contributed by atoms with Gasteiger partial charge >= 0.3 is 6.36 Å². The number of rotatable bonds is 5. The predicted molar refractivity (Wildman–Crippen MR) is 139 cm³/mol. The van der Waals surface area contributed by atoms with Crippen LogP contribution in [0.15, 0.2) is 84.9 Å². The van der Waals surface area contributed by atoms with Gasteiger partial charge < -0.3 is 15.4 Å². The summed E-state index contributed by atoms with van der Waals surface area (Å²) in [6.07, 6.45) is -4.40. The summed E-state index contributed by atoms with van der Waals surface area (Å²) < 4.78 is 42.1. The average molecular weight is 537 g/mol. The molecule has 0 unspecified atom stereocenters. The highest BCUT2D eigenvalue weighted by Crippen LogP contribution is 2.34. The second kappa shape index (κ2) is 10.2. The molecule has 0 saturated carbocycles. The summed E-state index contributed by atoms with van der Waals surface area (Å²) >= 11 is 6.52. The van der Waals surface area contributed by atoms with Crippen LogP contribution in [0.2, 0.25) is 5.02 Å². The highest BCUT2D eigenvalue weighted by molar-refractivity contribution is 6.35. The summed E-state index contributed by atoms with van der Waals surface area (Å²) in [6.45, 7) is 0.629. The largest absolute Gasteiger partial charge is 0.573 e. The predicted octanol–water partition coefficient (Wildman–Crippen LogP) is 7.24. The normalized spacial score (nSPS) is 12.4. The molecule has 192 valence electrons. The Balaban J connectivity index is 1.39. The number of anilines is 2. The molecule has 1 aliphatic rings. The van der Waals surface area contributed by atoms with Gasteiger partial charge in [-0.05, 0) is 65.2 Å². The lowest BCUT2D eigenvalue weighted by molar-refractivity contribution is -0.274. The van der Waals surface area contributed by atoms with Gasteiger partial charge in [0, 0.05) is 35.5 Å². The van der Waals surface area contributed by atoms with Gasteiger partial charge in [-0.2, -0.15) is 0 Å². The number of nitrogens with one attached hydrogen (secondary N) is 2. The number of ketones is 1. The van der Waals surface area contributed by atoms with Gasteiger partial charge in [0.25, 0.3) is 5.91 Å². The molecule has 4 aromatic carbocycles. The van der Waals surface area contributed by atoms with E-state index in [1.807, 2.05) is 30.3 Å². The Bertz CT molecular complexity index is 1540. The third-order valence-corrected chi connectivity index (χ3v) is 6.52. The van der Waals surface area contributed by atoms with E-state index in [0.717, 1.165) is 28.4 Å². The van der Waals surface area contributed by atoms with Crippen LogP contribution in [0.1, 0.15) is 43.0 Å². The van der Waals surface area contributed by atoms with Crippen LogP contribution in [0.4, 0.5) is 24.5 Å². The van der Waals surface area contributed by atoms with E-state index in [4.69, 9.17) is 11.6 Å². The summed E-state index contributed by atoms with van der Waals surface area (Å²) in [7, 11) is 0. The van der Waals surface area contributed by atoms with Gasteiger partial charge in [-0.3, -0.25) is 9.59 Å². The molecule has 38 heavy (non-hydrogen) atoms. The number of ether oxygens (including phenoxy) is 1. The van der Waals surface area contributed by atoms with Crippen LogP contribution < -0.4 is 15.4 Å². The molecule has 5 rings (SSSR count). The topological polar surface area (TPSA) is 67.4 Å². The second-order valence-electron chi connectivity index (χ2n) is 8.65. The van der Waals surface area contributed by atoms with Gasteiger partial charge in [-0.25, -0.2) is 0 Å². The zero-order chi connectivity index (χ0) is 26.9. The minimum atomic E-state index is -4.94. The fraction of sp³-hybridized carbons (Fsp3) is 0.103. The number of carbonyl (C=O) groups excluding carboxylic acids is 2. The van der Waals surface area contributed by atoms with Crippen molar-refractivity contribution in [1.29, 1.82) is 0 Å². The number of benzene rings is 4. The lowest BCUT2D eigenvalue weighted by atomic mass is 9.92. The monoisotopic (exact) mass is 536 g/mol. The van der Waals surface area contributed by atoms with Gasteiger partial charge in [-0.1, -0.05) is 48.0 Å². The molecule has 0 radical (unpaired) electrons. The number of fused-ring (bicyclic) bond motifs is 2. The van der Waals surface area contributed by atoms with Crippen molar-refractivity contribution in [2.45, 2.75) is 19.3 Å². The maximum atomic E-state index is 13.6. The van der Waals surface area contributed by atoms with Crippen LogP contribution in [0.25, 0.3) is 0 Å². The molecular formula is C29H20ClF3N2O3. The quantitative estimate of drug-likeness (QED) is 0.264. The standard InChI is InChI=1S/C29H20ClF3N2O3/c30-23-13-14-24-22(15-18-5-1-2-6-19(18)16-34-24)26(23)27(36)17-9-11-20(12-10-17)35-28(37)21-7-3-4-8-25(21)38-29(31,32)33/h1-14,34H,15-16H2,(H,35,37). The number of halogens is 4. The van der Waals surface area contributed by atoms with Gasteiger partial charge in [-0.15, -0.1) is 13.2 Å². The van der Waals surface area contributed by atoms with Crippen LogP contribution in [0, 0.1) is 0 Å². The molecular weight excluding hydrogens is 517 g/mol. The van der Waals surface area contributed by atoms with Crippen molar-refractivity contribution < 1.29 is 27.5 Å². The van der Waals surface area contributed by atoms with E-state index in [2.05, 4.69) is 15.4 Å². The zero-order valence-corrected chi connectivity index (χ0v) is 20.5. The second-order valence-corrected chi connectivity index (χ2v) is 9.06. The SMILES string of the molecule is O=C(Nc1ccc(C(=O)c2c(Cl)ccc3c2Cc2ccccc2CN3)cc1)c1ccccc1OC(F)(F)F. The van der Waals surface area contributed by atoms with Crippen molar-refractivity contribution in [1.82, 2.24) is 0 Å². The molecule has 0 spiro atoms. The highest BCUT2D eigenvalue weighted by atomic mass is 35.5. The fourth-order valence-electron chi connectivity index (χ4n) is 4.41. The lowest BCUT2D eigenvalue weighted by Crippen LogP contribution is -2.20. The van der Waals surface area contributed by atoms with Crippen molar-refractivity contribution in [2.75, 3.05) is 10.6 Å². The fourth-order valence-corrected chi connectivity index (χ4v) is 4.68. The summed E-state index contributed by atoms with van der Waals surface area (Å²) in [5.41, 5.74) is 4.62. The first-order valence-electron chi connectivity index (χ1n) is 11.6. The number of amides is 1. The van der Waals surface area contributed by atoms with Crippen LogP contribution >= 0.6 is 11.6 Å². The number of carbonyl (C=O) groups is 2. The minimum absolute atomic E-state index is 0.281.